The maximum atomic E-state index is 12.0. The lowest BCUT2D eigenvalue weighted by Gasteiger charge is -2.18. The molecule has 4 aromatic rings. The van der Waals surface area contributed by atoms with E-state index in [1.165, 1.54) is 23.7 Å². The number of ether oxygens (including phenoxy) is 1. The summed E-state index contributed by atoms with van der Waals surface area (Å²) in [7, 11) is 2.11. The fourth-order valence-electron chi connectivity index (χ4n) is 3.58. The molecule has 0 spiro atoms. The lowest BCUT2D eigenvalue weighted by molar-refractivity contribution is 0.0931. The second-order valence-electron chi connectivity index (χ2n) is 8.00. The van der Waals surface area contributed by atoms with Gasteiger partial charge in [0.15, 0.2) is 0 Å². The van der Waals surface area contributed by atoms with Crippen molar-refractivity contribution in [3.05, 3.63) is 96.1 Å². The Morgan fingerprint density at radius 3 is 2.66 bits per heavy atom. The molecule has 1 amide bonds. The molecule has 0 aliphatic heterocycles. The topological polar surface area (TPSA) is 67.6 Å². The molecule has 0 aliphatic carbocycles. The van der Waals surface area contributed by atoms with Gasteiger partial charge < -0.3 is 14.5 Å². The zero-order valence-corrected chi connectivity index (χ0v) is 18.3. The maximum Gasteiger partial charge on any atom is 0.254 e. The van der Waals surface area contributed by atoms with Gasteiger partial charge in [-0.15, -0.1) is 0 Å². The van der Waals surface area contributed by atoms with Crippen LogP contribution in [0.25, 0.3) is 10.9 Å². The first-order valence-electron chi connectivity index (χ1n) is 10.6. The van der Waals surface area contributed by atoms with Crippen LogP contribution in [-0.2, 0) is 13.1 Å². The number of pyridine rings is 1. The van der Waals surface area contributed by atoms with Gasteiger partial charge in [0.25, 0.3) is 5.91 Å². The van der Waals surface area contributed by atoms with Crippen LogP contribution >= 0.6 is 0 Å². The molecule has 6 heteroatoms. The van der Waals surface area contributed by atoms with E-state index in [4.69, 9.17) is 9.15 Å². The van der Waals surface area contributed by atoms with Gasteiger partial charge in [0, 0.05) is 24.7 Å². The fourth-order valence-corrected chi connectivity index (χ4v) is 3.58. The van der Waals surface area contributed by atoms with Crippen molar-refractivity contribution in [3.8, 4) is 5.75 Å². The molecule has 0 bridgehead atoms. The average molecular weight is 430 g/mol. The van der Waals surface area contributed by atoms with E-state index in [0.717, 1.165) is 29.7 Å². The molecular weight excluding hydrogens is 402 g/mol. The number of amides is 1. The molecular formula is C26H27N3O3. The highest BCUT2D eigenvalue weighted by Gasteiger charge is 2.10. The summed E-state index contributed by atoms with van der Waals surface area (Å²) in [5.41, 5.74) is 4.00. The number of rotatable bonds is 9. The van der Waals surface area contributed by atoms with Gasteiger partial charge in [-0.3, -0.25) is 14.7 Å². The van der Waals surface area contributed by atoms with Crippen LogP contribution in [0.15, 0.2) is 83.8 Å². The minimum absolute atomic E-state index is 0.151. The molecule has 1 atom stereocenters. The Kier molecular flexibility index (Phi) is 6.82. The molecule has 2 aromatic carbocycles. The van der Waals surface area contributed by atoms with Gasteiger partial charge in [0.05, 0.1) is 23.9 Å². The van der Waals surface area contributed by atoms with E-state index in [9.17, 15) is 4.79 Å². The predicted octanol–water partition coefficient (Wildman–Crippen LogP) is 4.66. The first kappa shape index (κ1) is 21.6. The molecule has 4 rings (SSSR count). The number of nitrogens with one attached hydrogen (secondary N) is 1. The van der Waals surface area contributed by atoms with Gasteiger partial charge in [-0.1, -0.05) is 24.3 Å². The van der Waals surface area contributed by atoms with Crippen molar-refractivity contribution < 1.29 is 13.9 Å². The summed E-state index contributed by atoms with van der Waals surface area (Å²) in [5.74, 6) is 0.610. The van der Waals surface area contributed by atoms with Crippen molar-refractivity contribution >= 4 is 16.8 Å². The average Bonchev–Trinajstić information content (AvgIpc) is 3.34. The van der Waals surface area contributed by atoms with Crippen LogP contribution in [0.2, 0.25) is 0 Å². The molecule has 2 aromatic heterocycles. The summed E-state index contributed by atoms with van der Waals surface area (Å²) in [6, 6.07) is 20.2. The third kappa shape index (κ3) is 5.74. The van der Waals surface area contributed by atoms with Gasteiger partial charge >= 0.3 is 0 Å². The summed E-state index contributed by atoms with van der Waals surface area (Å²) in [6.45, 7) is 4.03. The highest BCUT2D eigenvalue weighted by molar-refractivity contribution is 5.93. The van der Waals surface area contributed by atoms with E-state index in [1.807, 2.05) is 31.3 Å². The lowest BCUT2D eigenvalue weighted by Crippen LogP contribution is -2.33. The van der Waals surface area contributed by atoms with Crippen LogP contribution in [0, 0.1) is 0 Å². The van der Waals surface area contributed by atoms with Crippen LogP contribution in [0.1, 0.15) is 28.4 Å². The number of aromatic nitrogens is 1. The first-order chi connectivity index (χ1) is 15.6. The molecule has 0 radical (unpaired) electrons. The van der Waals surface area contributed by atoms with E-state index in [1.54, 1.807) is 6.07 Å². The Labute approximate surface area is 187 Å². The molecule has 0 fully saturated rings. The fraction of sp³-hybridized carbons (Fsp3) is 0.231. The number of furan rings is 1. The van der Waals surface area contributed by atoms with Crippen LogP contribution in [-0.4, -0.2) is 35.5 Å². The summed E-state index contributed by atoms with van der Waals surface area (Å²) in [6.07, 6.45) is 4.57. The smallest absolute Gasteiger partial charge is 0.254 e. The van der Waals surface area contributed by atoms with Gasteiger partial charge in [0.1, 0.15) is 18.1 Å². The number of carbonyl (C=O) groups is 1. The Hall–Kier alpha value is -3.64. The molecule has 0 saturated heterocycles. The molecule has 32 heavy (non-hydrogen) atoms. The van der Waals surface area contributed by atoms with Crippen LogP contribution in [0.5, 0.6) is 5.75 Å². The molecule has 0 unspecified atom stereocenters. The molecule has 2 heterocycles. The monoisotopic (exact) mass is 429 g/mol. The number of fused-ring (bicyclic) bond motifs is 1. The molecule has 0 aliphatic rings. The minimum atomic E-state index is -0.171. The van der Waals surface area contributed by atoms with Gasteiger partial charge in [-0.25, -0.2) is 0 Å². The Bertz CT molecular complexity index is 1160. The van der Waals surface area contributed by atoms with Gasteiger partial charge in [0.2, 0.25) is 0 Å². The summed E-state index contributed by atoms with van der Waals surface area (Å²) >= 11 is 0. The third-order valence-electron chi connectivity index (χ3n) is 5.17. The van der Waals surface area contributed by atoms with Crippen molar-refractivity contribution in [1.82, 2.24) is 15.2 Å². The Morgan fingerprint density at radius 2 is 1.88 bits per heavy atom. The van der Waals surface area contributed by atoms with Crippen LogP contribution in [0.3, 0.4) is 0 Å². The first-order valence-corrected chi connectivity index (χ1v) is 10.6. The quantitative estimate of drug-likeness (QED) is 0.419. The molecule has 164 valence electrons. The highest BCUT2D eigenvalue weighted by Crippen LogP contribution is 2.18. The highest BCUT2D eigenvalue weighted by atomic mass is 16.5. The summed E-state index contributed by atoms with van der Waals surface area (Å²) < 4.78 is 10.8. The number of benzene rings is 2. The van der Waals surface area contributed by atoms with E-state index < -0.39 is 0 Å². The van der Waals surface area contributed by atoms with Crippen LogP contribution < -0.4 is 10.1 Å². The van der Waals surface area contributed by atoms with Crippen LogP contribution in [0.4, 0.5) is 0 Å². The van der Waals surface area contributed by atoms with E-state index >= 15 is 0 Å². The number of nitrogens with zero attached hydrogens (tertiary/aromatic N) is 2. The maximum absolute atomic E-state index is 12.0. The summed E-state index contributed by atoms with van der Waals surface area (Å²) in [4.78, 5) is 18.6. The predicted molar refractivity (Wildman–Crippen MR) is 124 cm³/mol. The lowest BCUT2D eigenvalue weighted by atomic mass is 10.1. The van der Waals surface area contributed by atoms with Crippen molar-refractivity contribution in [2.75, 3.05) is 13.6 Å². The van der Waals surface area contributed by atoms with E-state index in [0.29, 0.717) is 12.1 Å². The van der Waals surface area contributed by atoms with E-state index in [-0.39, 0.29) is 12.0 Å². The van der Waals surface area contributed by atoms with Crippen molar-refractivity contribution in [2.45, 2.75) is 26.1 Å². The largest absolute Gasteiger partial charge is 0.489 e. The zero-order valence-electron chi connectivity index (χ0n) is 18.3. The van der Waals surface area contributed by atoms with Crippen molar-refractivity contribution in [2.24, 2.45) is 0 Å². The molecule has 1 N–H and O–H groups in total. The Balaban J connectivity index is 1.25. The second kappa shape index (κ2) is 10.1. The molecule has 6 nitrogen and oxygen atoms in total. The SMILES string of the molecule is C[C@@H](CNC(=O)c1ccoc1)Oc1ccc(CN(C)Cc2ccc3ncccc3c2)cc1. The normalized spacial score (nSPS) is 12.1. The summed E-state index contributed by atoms with van der Waals surface area (Å²) in [5, 5.41) is 4.00. The third-order valence-corrected chi connectivity index (χ3v) is 5.17. The number of hydrogen-bond acceptors (Lipinski definition) is 5. The van der Waals surface area contributed by atoms with Crippen molar-refractivity contribution in [3.63, 3.8) is 0 Å². The number of hydrogen-bond donors (Lipinski definition) is 1. The Morgan fingerprint density at radius 1 is 1.09 bits per heavy atom. The molecule has 0 saturated carbocycles. The zero-order chi connectivity index (χ0) is 22.3. The second-order valence-corrected chi connectivity index (χ2v) is 8.00. The van der Waals surface area contributed by atoms with E-state index in [2.05, 4.69) is 58.6 Å². The minimum Gasteiger partial charge on any atom is -0.489 e. The van der Waals surface area contributed by atoms with Gasteiger partial charge in [-0.2, -0.15) is 0 Å². The number of carbonyl (C=O) groups excluding carboxylic acids is 1. The standard InChI is InChI=1S/C26H27N3O3/c1-19(15-28-26(30)23-11-13-31-18-23)32-24-8-5-20(6-9-24)16-29(2)17-21-7-10-25-22(14-21)4-3-12-27-25/h3-14,18-19H,15-17H2,1-2H3,(H,28,30)/t19-/m0/s1. The van der Waals surface area contributed by atoms with Gasteiger partial charge in [-0.05, 0) is 61.5 Å². The van der Waals surface area contributed by atoms with Crippen molar-refractivity contribution in [1.29, 1.82) is 0 Å².